The van der Waals surface area contributed by atoms with Crippen LogP contribution in [0.15, 0.2) is 65.2 Å². The first-order valence-electron chi connectivity index (χ1n) is 12.0. The summed E-state index contributed by atoms with van der Waals surface area (Å²) in [4.78, 5) is 55.1. The van der Waals surface area contributed by atoms with E-state index >= 15 is 0 Å². The molecule has 0 spiro atoms. The predicted octanol–water partition coefficient (Wildman–Crippen LogP) is 3.09. The van der Waals surface area contributed by atoms with Crippen LogP contribution in [0.5, 0.6) is 0 Å². The summed E-state index contributed by atoms with van der Waals surface area (Å²) >= 11 is 0. The van der Waals surface area contributed by atoms with Gasteiger partial charge in [-0.15, -0.1) is 0 Å². The van der Waals surface area contributed by atoms with E-state index in [4.69, 9.17) is 0 Å². The smallest absolute Gasteiger partial charge is 0.284 e. The number of hydrogen-bond donors (Lipinski definition) is 0. The van der Waals surface area contributed by atoms with Crippen molar-refractivity contribution in [1.29, 1.82) is 0 Å². The number of hydrogen-bond acceptors (Lipinski definition) is 4. The summed E-state index contributed by atoms with van der Waals surface area (Å²) in [6.45, 7) is -0.146. The van der Waals surface area contributed by atoms with Crippen molar-refractivity contribution in [2.75, 3.05) is 13.1 Å². The number of carbonyl (C=O) groups is 3. The Kier molecular flexibility index (Phi) is 5.40. The molecule has 0 bridgehead atoms. The molecule has 0 unspecified atom stereocenters. The second-order valence-corrected chi connectivity index (χ2v) is 9.47. The molecule has 0 radical (unpaired) electrons. The van der Waals surface area contributed by atoms with Crippen LogP contribution in [0.3, 0.4) is 0 Å². The normalized spacial score (nSPS) is 17.5. The standard InChI is InChI=1S/C27H22F2N4O4/c28-13-16(14-31-24(34)20-6-1-2-7-21(20)25(31)35)15-32-22-10-11-30(18-8-9-18)26(36)23(22)27(37)33(32)19-5-3-4-17(29)12-19/h1-7,12-13,18H,8-11,14-15H2/b16-13+. The van der Waals surface area contributed by atoms with Gasteiger partial charge in [0.25, 0.3) is 23.3 Å². The van der Waals surface area contributed by atoms with Crippen LogP contribution < -0.4 is 5.56 Å². The molecule has 8 nitrogen and oxygen atoms in total. The van der Waals surface area contributed by atoms with Gasteiger partial charge in [-0.25, -0.2) is 13.5 Å². The largest absolute Gasteiger partial charge is 0.335 e. The van der Waals surface area contributed by atoms with Crippen molar-refractivity contribution < 1.29 is 23.2 Å². The van der Waals surface area contributed by atoms with Crippen molar-refractivity contribution in [2.24, 2.45) is 0 Å². The molecule has 0 saturated heterocycles. The van der Waals surface area contributed by atoms with Gasteiger partial charge in [-0.1, -0.05) is 18.2 Å². The van der Waals surface area contributed by atoms with Gasteiger partial charge in [0, 0.05) is 19.0 Å². The number of imide groups is 1. The van der Waals surface area contributed by atoms with E-state index in [9.17, 15) is 28.0 Å². The van der Waals surface area contributed by atoms with Gasteiger partial charge in [-0.2, -0.15) is 0 Å². The molecule has 3 aromatic rings. The molecule has 1 aromatic heterocycles. The molecule has 2 aliphatic heterocycles. The summed E-state index contributed by atoms with van der Waals surface area (Å²) in [6, 6.07) is 11.8. The van der Waals surface area contributed by atoms with Gasteiger partial charge in [0.05, 0.1) is 41.9 Å². The molecule has 6 rings (SSSR count). The zero-order valence-corrected chi connectivity index (χ0v) is 19.7. The fraction of sp³-hybridized carbons (Fsp3) is 0.259. The first-order chi connectivity index (χ1) is 17.9. The van der Waals surface area contributed by atoms with E-state index in [2.05, 4.69) is 0 Å². The van der Waals surface area contributed by atoms with Crippen molar-refractivity contribution in [3.05, 3.63) is 99.0 Å². The Balaban J connectivity index is 1.39. The lowest BCUT2D eigenvalue weighted by atomic mass is 10.1. The van der Waals surface area contributed by atoms with Crippen LogP contribution in [0.1, 0.15) is 49.6 Å². The summed E-state index contributed by atoms with van der Waals surface area (Å²) in [6.07, 6.45) is 2.43. The van der Waals surface area contributed by atoms with E-state index in [-0.39, 0.29) is 53.0 Å². The molecule has 0 atom stereocenters. The van der Waals surface area contributed by atoms with E-state index in [0.717, 1.165) is 23.8 Å². The highest BCUT2D eigenvalue weighted by Crippen LogP contribution is 2.32. The van der Waals surface area contributed by atoms with Crippen LogP contribution in [-0.4, -0.2) is 56.0 Å². The van der Waals surface area contributed by atoms with Gasteiger partial charge in [0.2, 0.25) is 0 Å². The molecular formula is C27H22F2N4O4. The van der Waals surface area contributed by atoms with Crippen LogP contribution in [0.25, 0.3) is 5.69 Å². The molecule has 1 saturated carbocycles. The first-order valence-corrected chi connectivity index (χ1v) is 12.0. The molecule has 10 heteroatoms. The molecule has 188 valence electrons. The van der Waals surface area contributed by atoms with Gasteiger partial charge < -0.3 is 4.90 Å². The zero-order valence-electron chi connectivity index (χ0n) is 19.7. The highest BCUT2D eigenvalue weighted by molar-refractivity contribution is 6.21. The van der Waals surface area contributed by atoms with Crippen LogP contribution in [0, 0.1) is 5.82 Å². The Morgan fingerprint density at radius 2 is 1.62 bits per heavy atom. The van der Waals surface area contributed by atoms with Gasteiger partial charge >= 0.3 is 0 Å². The van der Waals surface area contributed by atoms with E-state index in [1.165, 1.54) is 39.7 Å². The van der Waals surface area contributed by atoms with Crippen molar-refractivity contribution in [3.63, 3.8) is 0 Å². The van der Waals surface area contributed by atoms with E-state index in [1.807, 2.05) is 0 Å². The van der Waals surface area contributed by atoms with E-state index in [0.29, 0.717) is 25.0 Å². The molecule has 3 amide bonds. The number of nitrogens with zero attached hydrogens (tertiary/aromatic N) is 4. The molecule has 1 fully saturated rings. The average Bonchev–Trinajstić information content (AvgIpc) is 3.66. The third-order valence-electron chi connectivity index (χ3n) is 7.10. The highest BCUT2D eigenvalue weighted by atomic mass is 19.1. The molecule has 0 N–H and O–H groups in total. The Morgan fingerprint density at radius 3 is 2.24 bits per heavy atom. The minimum absolute atomic E-state index is 0.0126. The van der Waals surface area contributed by atoms with E-state index in [1.54, 1.807) is 17.0 Å². The second-order valence-electron chi connectivity index (χ2n) is 9.47. The summed E-state index contributed by atoms with van der Waals surface area (Å²) in [5, 5.41) is 0. The number of rotatable bonds is 6. The average molecular weight is 504 g/mol. The fourth-order valence-electron chi connectivity index (χ4n) is 5.19. The third kappa shape index (κ3) is 3.71. The lowest BCUT2D eigenvalue weighted by Crippen LogP contribution is -2.41. The number of amides is 3. The van der Waals surface area contributed by atoms with Crippen molar-refractivity contribution in [2.45, 2.75) is 31.8 Å². The molecule has 3 aliphatic rings. The first kappa shape index (κ1) is 23.1. The molecular weight excluding hydrogens is 482 g/mol. The molecule has 37 heavy (non-hydrogen) atoms. The SMILES string of the molecule is O=C1c2ccccc2C(=O)N1C/C(=C\F)Cn1c2c(c(=O)n1-c1cccc(F)c1)C(=O)N(C1CC1)CC2. The lowest BCUT2D eigenvalue weighted by molar-refractivity contribution is 0.0664. The summed E-state index contributed by atoms with van der Waals surface area (Å²) in [7, 11) is 0. The quantitative estimate of drug-likeness (QED) is 0.483. The number of benzene rings is 2. The predicted molar refractivity (Wildman–Crippen MR) is 129 cm³/mol. The third-order valence-corrected chi connectivity index (χ3v) is 7.10. The Hall–Kier alpha value is -4.34. The summed E-state index contributed by atoms with van der Waals surface area (Å²) in [5.41, 5.74) is 0.491. The van der Waals surface area contributed by atoms with E-state index < -0.39 is 23.2 Å². The van der Waals surface area contributed by atoms with Crippen LogP contribution in [0.4, 0.5) is 8.78 Å². The van der Waals surface area contributed by atoms with Crippen LogP contribution in [-0.2, 0) is 13.0 Å². The lowest BCUT2D eigenvalue weighted by Gasteiger charge is -2.27. The summed E-state index contributed by atoms with van der Waals surface area (Å²) in [5.74, 6) is -2.03. The summed E-state index contributed by atoms with van der Waals surface area (Å²) < 4.78 is 31.0. The molecule has 2 aromatic carbocycles. The zero-order chi connectivity index (χ0) is 25.8. The second kappa shape index (κ2) is 8.65. The van der Waals surface area contributed by atoms with Crippen molar-refractivity contribution >= 4 is 17.7 Å². The van der Waals surface area contributed by atoms with Crippen molar-refractivity contribution in [3.8, 4) is 5.69 Å². The Labute approximate surface area is 210 Å². The topological polar surface area (TPSA) is 84.6 Å². The Bertz CT molecular complexity index is 1530. The monoisotopic (exact) mass is 504 g/mol. The number of aromatic nitrogens is 2. The molecule has 3 heterocycles. The van der Waals surface area contributed by atoms with Gasteiger partial charge in [0.1, 0.15) is 11.4 Å². The van der Waals surface area contributed by atoms with Gasteiger partial charge in [-0.3, -0.25) is 28.8 Å². The minimum atomic E-state index is -0.616. The van der Waals surface area contributed by atoms with Crippen LogP contribution in [0.2, 0.25) is 0 Å². The number of halogens is 2. The van der Waals surface area contributed by atoms with Crippen LogP contribution >= 0.6 is 0 Å². The number of fused-ring (bicyclic) bond motifs is 2. The van der Waals surface area contributed by atoms with Gasteiger partial charge in [-0.05, 0) is 48.7 Å². The Morgan fingerprint density at radius 1 is 0.919 bits per heavy atom. The minimum Gasteiger partial charge on any atom is -0.335 e. The number of carbonyl (C=O) groups excluding carboxylic acids is 3. The van der Waals surface area contributed by atoms with Crippen molar-refractivity contribution in [1.82, 2.24) is 19.2 Å². The fourth-order valence-corrected chi connectivity index (χ4v) is 5.19. The molecule has 1 aliphatic carbocycles. The maximum Gasteiger partial charge on any atom is 0.284 e. The maximum absolute atomic E-state index is 14.2. The highest BCUT2D eigenvalue weighted by Gasteiger charge is 2.41. The maximum atomic E-state index is 14.2. The van der Waals surface area contributed by atoms with Gasteiger partial charge in [0.15, 0.2) is 0 Å².